The van der Waals surface area contributed by atoms with E-state index in [-0.39, 0.29) is 18.8 Å². The summed E-state index contributed by atoms with van der Waals surface area (Å²) in [7, 11) is 0. The maximum absolute atomic E-state index is 12.0. The number of ketones is 1. The lowest BCUT2D eigenvalue weighted by molar-refractivity contribution is -0.145. The number of cyclic esters (lactones) is 1. The molecule has 7 nitrogen and oxygen atoms in total. The minimum absolute atomic E-state index is 0.142. The molecule has 1 aliphatic heterocycles. The summed E-state index contributed by atoms with van der Waals surface area (Å²) in [6, 6.07) is -0.580. The maximum Gasteiger partial charge on any atom is 0.316 e. The standard InChI is InChI=1S/C11H15N3O4/c12-14-13-9-2-1-4-11(9,17)6-8(15)7-3-5-18-10(7)16/h7,9,17H,1-6H2. The molecular weight excluding hydrogens is 238 g/mol. The third-order valence-electron chi connectivity index (χ3n) is 3.70. The van der Waals surface area contributed by atoms with E-state index in [0.29, 0.717) is 25.7 Å². The van der Waals surface area contributed by atoms with E-state index in [1.54, 1.807) is 0 Å². The van der Waals surface area contributed by atoms with Gasteiger partial charge >= 0.3 is 5.97 Å². The molecule has 0 spiro atoms. The van der Waals surface area contributed by atoms with Gasteiger partial charge in [-0.05, 0) is 18.4 Å². The lowest BCUT2D eigenvalue weighted by Gasteiger charge is -2.26. The number of esters is 1. The molecule has 1 N–H and O–H groups in total. The summed E-state index contributed by atoms with van der Waals surface area (Å²) in [6.07, 6.45) is 1.94. The highest BCUT2D eigenvalue weighted by atomic mass is 16.5. The Bertz CT molecular complexity index is 419. The molecule has 0 amide bonds. The van der Waals surface area contributed by atoms with Crippen LogP contribution in [0.3, 0.4) is 0 Å². The van der Waals surface area contributed by atoms with Crippen molar-refractivity contribution < 1.29 is 19.4 Å². The van der Waals surface area contributed by atoms with E-state index in [0.717, 1.165) is 0 Å². The summed E-state index contributed by atoms with van der Waals surface area (Å²) in [6.45, 7) is 0.257. The predicted molar refractivity (Wildman–Crippen MR) is 60.4 cm³/mol. The molecule has 0 radical (unpaired) electrons. The summed E-state index contributed by atoms with van der Waals surface area (Å²) in [5, 5.41) is 13.9. The molecule has 0 aromatic heterocycles. The number of rotatable bonds is 4. The highest BCUT2D eigenvalue weighted by molar-refractivity contribution is 6.00. The van der Waals surface area contributed by atoms with E-state index in [2.05, 4.69) is 10.0 Å². The van der Waals surface area contributed by atoms with E-state index in [9.17, 15) is 14.7 Å². The molecule has 98 valence electrons. The highest BCUT2D eigenvalue weighted by Gasteiger charge is 2.45. The van der Waals surface area contributed by atoms with Crippen molar-refractivity contribution in [3.05, 3.63) is 10.4 Å². The van der Waals surface area contributed by atoms with Crippen molar-refractivity contribution in [1.29, 1.82) is 0 Å². The van der Waals surface area contributed by atoms with Crippen molar-refractivity contribution in [2.45, 2.75) is 43.7 Å². The molecule has 7 heteroatoms. The van der Waals surface area contributed by atoms with Crippen molar-refractivity contribution in [3.8, 4) is 0 Å². The Kier molecular flexibility index (Phi) is 3.54. The number of Topliss-reactive ketones (excluding diaryl/α,β-unsaturated/α-hetero) is 1. The topological polar surface area (TPSA) is 112 Å². The van der Waals surface area contributed by atoms with Crippen LogP contribution in [-0.2, 0) is 14.3 Å². The summed E-state index contributed by atoms with van der Waals surface area (Å²) < 4.78 is 4.73. The van der Waals surface area contributed by atoms with Crippen LogP contribution in [0.5, 0.6) is 0 Å². The number of hydrogen-bond donors (Lipinski definition) is 1. The zero-order valence-corrected chi connectivity index (χ0v) is 9.91. The maximum atomic E-state index is 12.0. The van der Waals surface area contributed by atoms with Gasteiger partial charge < -0.3 is 9.84 Å². The molecule has 3 unspecified atom stereocenters. The highest BCUT2D eigenvalue weighted by Crippen LogP contribution is 2.36. The number of nitrogens with zero attached hydrogens (tertiary/aromatic N) is 3. The van der Waals surface area contributed by atoms with E-state index in [1.165, 1.54) is 0 Å². The molecule has 0 bridgehead atoms. The normalized spacial score (nSPS) is 35.1. The number of ether oxygens (including phenoxy) is 1. The Morgan fingerprint density at radius 2 is 2.39 bits per heavy atom. The van der Waals surface area contributed by atoms with Crippen molar-refractivity contribution in [1.82, 2.24) is 0 Å². The van der Waals surface area contributed by atoms with Gasteiger partial charge in [0.05, 0.1) is 18.2 Å². The van der Waals surface area contributed by atoms with Gasteiger partial charge in [0.15, 0.2) is 0 Å². The number of carbonyl (C=O) groups is 2. The Morgan fingerprint density at radius 3 is 3.00 bits per heavy atom. The Balaban J connectivity index is 2.05. The zero-order chi connectivity index (χ0) is 13.2. The summed E-state index contributed by atoms with van der Waals surface area (Å²) in [5.41, 5.74) is 7.14. The molecule has 1 saturated heterocycles. The molecule has 3 atom stereocenters. The molecule has 1 aliphatic carbocycles. The molecule has 1 heterocycles. The van der Waals surface area contributed by atoms with Crippen molar-refractivity contribution in [3.63, 3.8) is 0 Å². The first-order valence-corrected chi connectivity index (χ1v) is 6.03. The Labute approximate surface area is 104 Å². The molecule has 2 rings (SSSR count). The second-order valence-electron chi connectivity index (χ2n) is 4.87. The van der Waals surface area contributed by atoms with Crippen molar-refractivity contribution >= 4 is 11.8 Å². The van der Waals surface area contributed by atoms with Crippen LogP contribution in [-0.4, -0.2) is 35.1 Å². The fourth-order valence-electron chi connectivity index (χ4n) is 2.68. The van der Waals surface area contributed by atoms with Gasteiger partial charge in [-0.15, -0.1) is 0 Å². The number of carbonyl (C=O) groups excluding carboxylic acids is 2. The van der Waals surface area contributed by atoms with Gasteiger partial charge in [0.2, 0.25) is 0 Å². The molecule has 0 aromatic carbocycles. The van der Waals surface area contributed by atoms with Gasteiger partial charge in [0.1, 0.15) is 11.7 Å². The number of azide groups is 1. The second kappa shape index (κ2) is 4.96. The quantitative estimate of drug-likeness (QED) is 0.266. The Hall–Kier alpha value is -1.59. The molecule has 2 fully saturated rings. The van der Waals surface area contributed by atoms with Crippen LogP contribution in [0.1, 0.15) is 32.1 Å². The summed E-state index contributed by atoms with van der Waals surface area (Å²) in [4.78, 5) is 26.0. The predicted octanol–water partition coefficient (Wildman–Crippen LogP) is 1.10. The van der Waals surface area contributed by atoms with Crippen LogP contribution in [0.2, 0.25) is 0 Å². The van der Waals surface area contributed by atoms with Crippen molar-refractivity contribution in [2.75, 3.05) is 6.61 Å². The minimum atomic E-state index is -1.30. The zero-order valence-electron chi connectivity index (χ0n) is 9.91. The fraction of sp³-hybridized carbons (Fsp3) is 0.818. The van der Waals surface area contributed by atoms with E-state index in [1.807, 2.05) is 0 Å². The first-order chi connectivity index (χ1) is 8.57. The van der Waals surface area contributed by atoms with Gasteiger partial charge in [-0.1, -0.05) is 11.5 Å². The monoisotopic (exact) mass is 253 g/mol. The molecule has 18 heavy (non-hydrogen) atoms. The van der Waals surface area contributed by atoms with Gasteiger partial charge in [-0.3, -0.25) is 9.59 Å². The lowest BCUT2D eigenvalue weighted by atomic mass is 9.87. The second-order valence-corrected chi connectivity index (χ2v) is 4.87. The largest absolute Gasteiger partial charge is 0.465 e. The first-order valence-electron chi connectivity index (χ1n) is 6.03. The average Bonchev–Trinajstić information content (AvgIpc) is 2.87. The first kappa shape index (κ1) is 12.9. The van der Waals surface area contributed by atoms with Gasteiger partial charge in [-0.2, -0.15) is 0 Å². The van der Waals surface area contributed by atoms with Crippen LogP contribution < -0.4 is 0 Å². The van der Waals surface area contributed by atoms with E-state index < -0.39 is 23.5 Å². The van der Waals surface area contributed by atoms with Crippen LogP contribution in [0.25, 0.3) is 10.4 Å². The number of aliphatic hydroxyl groups is 1. The average molecular weight is 253 g/mol. The Morgan fingerprint density at radius 1 is 1.61 bits per heavy atom. The van der Waals surface area contributed by atoms with Gasteiger partial charge in [-0.25, -0.2) is 0 Å². The van der Waals surface area contributed by atoms with Crippen molar-refractivity contribution in [2.24, 2.45) is 11.0 Å². The number of hydrogen-bond acceptors (Lipinski definition) is 5. The SMILES string of the molecule is [N-]=[N+]=NC1CCCC1(O)CC(=O)C1CCOC1=O. The van der Waals surface area contributed by atoms with Crippen LogP contribution in [0.15, 0.2) is 5.11 Å². The smallest absolute Gasteiger partial charge is 0.316 e. The minimum Gasteiger partial charge on any atom is -0.465 e. The third kappa shape index (κ3) is 2.32. The molecule has 2 aliphatic rings. The summed E-state index contributed by atoms with van der Waals surface area (Å²) >= 11 is 0. The van der Waals surface area contributed by atoms with Gasteiger partial charge in [0, 0.05) is 17.8 Å². The lowest BCUT2D eigenvalue weighted by Crippen LogP contribution is -2.40. The molecular formula is C11H15N3O4. The molecule has 1 saturated carbocycles. The van der Waals surface area contributed by atoms with E-state index >= 15 is 0 Å². The fourth-order valence-corrected chi connectivity index (χ4v) is 2.68. The van der Waals surface area contributed by atoms with Gasteiger partial charge in [0.25, 0.3) is 0 Å². The van der Waals surface area contributed by atoms with Crippen LogP contribution >= 0.6 is 0 Å². The molecule has 0 aromatic rings. The van der Waals surface area contributed by atoms with E-state index in [4.69, 9.17) is 10.3 Å². The van der Waals surface area contributed by atoms with Crippen LogP contribution in [0, 0.1) is 5.92 Å². The van der Waals surface area contributed by atoms with Crippen LogP contribution in [0.4, 0.5) is 0 Å². The third-order valence-corrected chi connectivity index (χ3v) is 3.70. The summed E-state index contributed by atoms with van der Waals surface area (Å²) in [5.74, 6) is -1.59.